The lowest BCUT2D eigenvalue weighted by molar-refractivity contribution is 0.103. The Hall–Kier alpha value is -2.19. The highest BCUT2D eigenvalue weighted by Crippen LogP contribution is 2.20. The molecule has 0 aliphatic carbocycles. The zero-order valence-corrected chi connectivity index (χ0v) is 12.1. The second kappa shape index (κ2) is 5.85. The second-order valence-corrected chi connectivity index (χ2v) is 4.97. The van der Waals surface area contributed by atoms with E-state index in [1.807, 2.05) is 0 Å². The van der Waals surface area contributed by atoms with Crippen LogP contribution in [0.25, 0.3) is 6.08 Å². The van der Waals surface area contributed by atoms with Gasteiger partial charge < -0.3 is 4.42 Å². The van der Waals surface area contributed by atoms with E-state index in [2.05, 4.69) is 15.9 Å². The number of Topliss-reactive ketones (excluding diaryl/α,β-unsaturated/α-hetero) is 1. The molecular formula is C15H9BrFNO2. The van der Waals surface area contributed by atoms with Crippen LogP contribution in [0, 0.1) is 24.1 Å². The highest BCUT2D eigenvalue weighted by Gasteiger charge is 2.17. The Bertz CT molecular complexity index is 741. The van der Waals surface area contributed by atoms with Gasteiger partial charge >= 0.3 is 0 Å². The molecule has 3 nitrogen and oxygen atoms in total. The summed E-state index contributed by atoms with van der Waals surface area (Å²) in [5, 5.41) is 9.10. The van der Waals surface area contributed by atoms with E-state index in [1.54, 1.807) is 19.1 Å². The fourth-order valence-electron chi connectivity index (χ4n) is 1.69. The Morgan fingerprint density at radius 2 is 2.20 bits per heavy atom. The predicted octanol–water partition coefficient (Wildman–Crippen LogP) is 4.28. The van der Waals surface area contributed by atoms with Crippen molar-refractivity contribution in [2.75, 3.05) is 0 Å². The van der Waals surface area contributed by atoms with E-state index in [0.717, 1.165) is 0 Å². The van der Waals surface area contributed by atoms with Crippen molar-refractivity contribution < 1.29 is 13.6 Å². The molecule has 5 heteroatoms. The molecule has 0 saturated heterocycles. The number of nitrogens with zero attached hydrogens (tertiary/aromatic N) is 1. The predicted molar refractivity (Wildman–Crippen MR) is 75.5 cm³/mol. The first-order valence-electron chi connectivity index (χ1n) is 5.68. The number of ketones is 1. The topological polar surface area (TPSA) is 54.0 Å². The number of halogens is 2. The van der Waals surface area contributed by atoms with Crippen molar-refractivity contribution in [1.82, 2.24) is 0 Å². The summed E-state index contributed by atoms with van der Waals surface area (Å²) in [4.78, 5) is 12.2. The Balaban J connectivity index is 2.45. The average molecular weight is 334 g/mol. The van der Waals surface area contributed by atoms with E-state index in [1.165, 1.54) is 30.5 Å². The Morgan fingerprint density at radius 1 is 1.45 bits per heavy atom. The summed E-state index contributed by atoms with van der Waals surface area (Å²) in [5.74, 6) is -0.568. The number of hydrogen-bond donors (Lipinski definition) is 0. The lowest BCUT2D eigenvalue weighted by Crippen LogP contribution is -2.02. The van der Waals surface area contributed by atoms with Crippen LogP contribution in [0.4, 0.5) is 4.39 Å². The molecule has 0 fully saturated rings. The van der Waals surface area contributed by atoms with Crippen LogP contribution in [0.3, 0.4) is 0 Å². The molecule has 0 N–H and O–H groups in total. The Kier molecular flexibility index (Phi) is 4.16. The molecule has 2 rings (SSSR count). The summed E-state index contributed by atoms with van der Waals surface area (Å²) in [5.41, 5.74) is 0.324. The monoisotopic (exact) mass is 333 g/mol. The minimum atomic E-state index is -0.502. The lowest BCUT2D eigenvalue weighted by atomic mass is 10.0. The molecule has 0 radical (unpaired) electrons. The van der Waals surface area contributed by atoms with Crippen LogP contribution in [0.15, 0.2) is 45.0 Å². The van der Waals surface area contributed by atoms with Crippen molar-refractivity contribution in [1.29, 1.82) is 5.26 Å². The van der Waals surface area contributed by atoms with Crippen molar-refractivity contribution >= 4 is 27.8 Å². The average Bonchev–Trinajstić information content (AvgIpc) is 2.85. The van der Waals surface area contributed by atoms with Crippen LogP contribution in [0.5, 0.6) is 0 Å². The van der Waals surface area contributed by atoms with Crippen LogP contribution in [0.1, 0.15) is 21.7 Å². The molecular weight excluding hydrogens is 325 g/mol. The van der Waals surface area contributed by atoms with Gasteiger partial charge in [-0.05, 0) is 37.3 Å². The van der Waals surface area contributed by atoms with E-state index in [0.29, 0.717) is 15.8 Å². The number of carbonyl (C=O) groups excluding carboxylic acids is 1. The number of nitriles is 1. The summed E-state index contributed by atoms with van der Waals surface area (Å²) in [7, 11) is 0. The fourth-order valence-corrected chi connectivity index (χ4v) is 2.07. The molecule has 20 heavy (non-hydrogen) atoms. The van der Waals surface area contributed by atoms with Gasteiger partial charge in [-0.25, -0.2) is 4.39 Å². The number of carbonyl (C=O) groups is 1. The number of furan rings is 1. The summed E-state index contributed by atoms with van der Waals surface area (Å²) >= 11 is 3.22. The molecule has 0 spiro atoms. The summed E-state index contributed by atoms with van der Waals surface area (Å²) in [6.45, 7) is 1.63. The molecule has 0 unspecified atom stereocenters. The van der Waals surface area contributed by atoms with E-state index in [-0.39, 0.29) is 11.1 Å². The van der Waals surface area contributed by atoms with Gasteiger partial charge in [0, 0.05) is 10.0 Å². The van der Waals surface area contributed by atoms with Crippen molar-refractivity contribution in [3.63, 3.8) is 0 Å². The molecule has 1 aromatic carbocycles. The van der Waals surface area contributed by atoms with Crippen LogP contribution in [-0.4, -0.2) is 5.78 Å². The summed E-state index contributed by atoms with van der Waals surface area (Å²) < 4.78 is 19.3. The molecule has 100 valence electrons. The van der Waals surface area contributed by atoms with Gasteiger partial charge in [0.25, 0.3) is 0 Å². The highest BCUT2D eigenvalue weighted by molar-refractivity contribution is 9.10. The van der Waals surface area contributed by atoms with E-state index >= 15 is 0 Å². The molecule has 0 saturated carbocycles. The van der Waals surface area contributed by atoms with Crippen LogP contribution >= 0.6 is 15.9 Å². The van der Waals surface area contributed by atoms with Gasteiger partial charge in [-0.3, -0.25) is 4.79 Å². The minimum Gasteiger partial charge on any atom is -0.469 e. The molecule has 0 amide bonds. The SMILES string of the molecule is Cc1occc1C(=O)/C(C#N)=C/c1cc(Br)ccc1F. The van der Waals surface area contributed by atoms with Gasteiger partial charge in [0.05, 0.1) is 11.8 Å². The van der Waals surface area contributed by atoms with E-state index in [9.17, 15) is 9.18 Å². The quantitative estimate of drug-likeness (QED) is 0.478. The third-order valence-corrected chi connectivity index (χ3v) is 3.22. The largest absolute Gasteiger partial charge is 0.469 e. The zero-order chi connectivity index (χ0) is 14.7. The van der Waals surface area contributed by atoms with Crippen molar-refractivity contribution in [2.24, 2.45) is 0 Å². The molecule has 0 aliphatic rings. The number of rotatable bonds is 3. The molecule has 2 aromatic rings. The number of hydrogen-bond acceptors (Lipinski definition) is 3. The molecule has 1 aromatic heterocycles. The van der Waals surface area contributed by atoms with Gasteiger partial charge in [0.15, 0.2) is 0 Å². The van der Waals surface area contributed by atoms with Crippen molar-refractivity contribution in [3.05, 3.63) is 63.3 Å². The van der Waals surface area contributed by atoms with Gasteiger partial charge in [-0.1, -0.05) is 15.9 Å². The second-order valence-electron chi connectivity index (χ2n) is 4.06. The molecule has 0 atom stereocenters. The van der Waals surface area contributed by atoms with Crippen molar-refractivity contribution in [3.8, 4) is 6.07 Å². The van der Waals surface area contributed by atoms with Crippen LogP contribution < -0.4 is 0 Å². The van der Waals surface area contributed by atoms with E-state index < -0.39 is 11.6 Å². The first-order chi connectivity index (χ1) is 9.52. The number of benzene rings is 1. The van der Waals surface area contributed by atoms with Crippen LogP contribution in [0.2, 0.25) is 0 Å². The minimum absolute atomic E-state index is 0.147. The Morgan fingerprint density at radius 3 is 2.80 bits per heavy atom. The molecule has 1 heterocycles. The van der Waals surface area contributed by atoms with Gasteiger partial charge in [-0.2, -0.15) is 5.26 Å². The maximum Gasteiger partial charge on any atom is 0.207 e. The molecule has 0 bridgehead atoms. The van der Waals surface area contributed by atoms with Gasteiger partial charge in [-0.15, -0.1) is 0 Å². The zero-order valence-electron chi connectivity index (χ0n) is 10.5. The maximum atomic E-state index is 13.6. The number of aryl methyl sites for hydroxylation is 1. The summed E-state index contributed by atoms with van der Waals surface area (Å²) in [6.07, 6.45) is 2.60. The number of allylic oxidation sites excluding steroid dienone is 1. The highest BCUT2D eigenvalue weighted by atomic mass is 79.9. The normalized spacial score (nSPS) is 11.2. The maximum absolute atomic E-state index is 13.6. The smallest absolute Gasteiger partial charge is 0.207 e. The molecule has 0 aliphatic heterocycles. The fraction of sp³-hybridized carbons (Fsp3) is 0.0667. The van der Waals surface area contributed by atoms with Gasteiger partial charge in [0.1, 0.15) is 23.2 Å². The Labute approximate surface area is 123 Å². The first-order valence-corrected chi connectivity index (χ1v) is 6.48. The first kappa shape index (κ1) is 14.2. The third-order valence-electron chi connectivity index (χ3n) is 2.73. The summed E-state index contributed by atoms with van der Waals surface area (Å²) in [6, 6.07) is 7.59. The third kappa shape index (κ3) is 2.86. The standard InChI is InChI=1S/C15H9BrFNO2/c1-9-13(4-5-20-9)15(19)11(8-18)6-10-7-12(16)2-3-14(10)17/h2-7H,1H3/b11-6+. The lowest BCUT2D eigenvalue weighted by Gasteiger charge is -2.00. The van der Waals surface area contributed by atoms with E-state index in [4.69, 9.17) is 9.68 Å². The van der Waals surface area contributed by atoms with Crippen molar-refractivity contribution in [2.45, 2.75) is 6.92 Å². The van der Waals surface area contributed by atoms with Gasteiger partial charge in [0.2, 0.25) is 5.78 Å². The van der Waals surface area contributed by atoms with Crippen LogP contribution in [-0.2, 0) is 0 Å².